The second kappa shape index (κ2) is 6.46. The molecule has 0 aromatic carbocycles. The molecule has 1 unspecified atom stereocenters. The predicted molar refractivity (Wildman–Crippen MR) is 91.8 cm³/mol. The molecular weight excluding hydrogens is 318 g/mol. The molecule has 6 heteroatoms. The first-order chi connectivity index (χ1) is 12.1. The number of aromatic nitrogens is 2. The van der Waals surface area contributed by atoms with E-state index in [-0.39, 0.29) is 24.2 Å². The Morgan fingerprint density at radius 1 is 1.24 bits per heavy atom. The molecule has 4 rings (SSSR count). The monoisotopic (exact) mass is 345 g/mol. The fourth-order valence-corrected chi connectivity index (χ4v) is 4.95. The minimum atomic E-state index is -0.511. The second-order valence-electron chi connectivity index (χ2n) is 7.85. The number of aryl methyl sites for hydroxylation is 1. The van der Waals surface area contributed by atoms with Crippen LogP contribution in [0.25, 0.3) is 0 Å². The standard InChI is InChI=1S/C19H27N3O3/c1-21-12-9-20-17(21)14-5-10-22(11-6-14)18(24)15-13-16(23)25-19(15)7-3-2-4-8-19/h9,12,14-15H,2-8,10-11,13H2,1H3. The normalized spacial score (nSPS) is 26.8. The molecule has 6 nitrogen and oxygen atoms in total. The molecule has 25 heavy (non-hydrogen) atoms. The van der Waals surface area contributed by atoms with Gasteiger partial charge in [0, 0.05) is 38.4 Å². The van der Waals surface area contributed by atoms with Crippen LogP contribution in [0.15, 0.2) is 12.4 Å². The number of esters is 1. The maximum Gasteiger partial charge on any atom is 0.307 e. The van der Waals surface area contributed by atoms with Gasteiger partial charge in [0.25, 0.3) is 0 Å². The van der Waals surface area contributed by atoms with Crippen molar-refractivity contribution in [3.05, 3.63) is 18.2 Å². The first kappa shape index (κ1) is 16.6. The zero-order chi connectivity index (χ0) is 17.4. The van der Waals surface area contributed by atoms with Gasteiger partial charge in [-0.2, -0.15) is 0 Å². The topological polar surface area (TPSA) is 64.4 Å². The van der Waals surface area contributed by atoms with Crippen molar-refractivity contribution in [2.45, 2.75) is 62.9 Å². The molecule has 3 fully saturated rings. The van der Waals surface area contributed by atoms with Crippen LogP contribution in [0, 0.1) is 5.92 Å². The van der Waals surface area contributed by atoms with Gasteiger partial charge in [-0.3, -0.25) is 9.59 Å². The van der Waals surface area contributed by atoms with Crippen LogP contribution < -0.4 is 0 Å². The van der Waals surface area contributed by atoms with E-state index in [0.29, 0.717) is 5.92 Å². The second-order valence-corrected chi connectivity index (χ2v) is 7.85. The van der Waals surface area contributed by atoms with E-state index in [1.165, 1.54) is 6.42 Å². The van der Waals surface area contributed by atoms with Crippen LogP contribution >= 0.6 is 0 Å². The van der Waals surface area contributed by atoms with E-state index in [1.807, 2.05) is 24.3 Å². The van der Waals surface area contributed by atoms with Gasteiger partial charge < -0.3 is 14.2 Å². The third-order valence-electron chi connectivity index (χ3n) is 6.35. The summed E-state index contributed by atoms with van der Waals surface area (Å²) in [6.45, 7) is 1.49. The highest BCUT2D eigenvalue weighted by Gasteiger charge is 2.53. The number of piperidine rings is 1. The summed E-state index contributed by atoms with van der Waals surface area (Å²) in [4.78, 5) is 31.5. The molecule has 0 bridgehead atoms. The lowest BCUT2D eigenvalue weighted by molar-refractivity contribution is -0.156. The highest BCUT2D eigenvalue weighted by Crippen LogP contribution is 2.45. The zero-order valence-corrected chi connectivity index (χ0v) is 14.9. The minimum absolute atomic E-state index is 0.131. The van der Waals surface area contributed by atoms with Gasteiger partial charge in [0.15, 0.2) is 0 Å². The molecule has 2 aliphatic heterocycles. The van der Waals surface area contributed by atoms with Gasteiger partial charge in [0.1, 0.15) is 11.4 Å². The summed E-state index contributed by atoms with van der Waals surface area (Å²) in [5.74, 6) is 1.18. The number of amides is 1. The van der Waals surface area contributed by atoms with E-state index in [1.54, 1.807) is 0 Å². The van der Waals surface area contributed by atoms with Crippen molar-refractivity contribution >= 4 is 11.9 Å². The van der Waals surface area contributed by atoms with Crippen molar-refractivity contribution < 1.29 is 14.3 Å². The number of carbonyl (C=O) groups is 2. The summed E-state index contributed by atoms with van der Waals surface area (Å²) in [5.41, 5.74) is -0.511. The maximum absolute atomic E-state index is 13.2. The number of rotatable bonds is 2. The Kier molecular flexibility index (Phi) is 4.29. The first-order valence-corrected chi connectivity index (χ1v) is 9.57. The lowest BCUT2D eigenvalue weighted by Crippen LogP contribution is -2.49. The van der Waals surface area contributed by atoms with E-state index in [0.717, 1.165) is 57.4 Å². The number of carbonyl (C=O) groups excluding carboxylic acids is 2. The Hall–Kier alpha value is -1.85. The van der Waals surface area contributed by atoms with Crippen LogP contribution in [0.3, 0.4) is 0 Å². The Bertz CT molecular complexity index is 655. The van der Waals surface area contributed by atoms with E-state index in [2.05, 4.69) is 9.55 Å². The molecule has 1 spiro atoms. The van der Waals surface area contributed by atoms with Crippen LogP contribution in [0.5, 0.6) is 0 Å². The van der Waals surface area contributed by atoms with Gasteiger partial charge in [-0.1, -0.05) is 6.42 Å². The molecule has 1 aromatic heterocycles. The predicted octanol–water partition coefficient (Wildman–Crippen LogP) is 2.39. The van der Waals surface area contributed by atoms with Gasteiger partial charge in [-0.25, -0.2) is 4.98 Å². The van der Waals surface area contributed by atoms with Gasteiger partial charge >= 0.3 is 5.97 Å². The molecule has 136 valence electrons. The molecule has 1 saturated carbocycles. The molecule has 3 heterocycles. The number of imidazole rings is 1. The third-order valence-corrected chi connectivity index (χ3v) is 6.35. The Morgan fingerprint density at radius 2 is 1.96 bits per heavy atom. The van der Waals surface area contributed by atoms with Crippen LogP contribution in [-0.2, 0) is 21.4 Å². The number of nitrogens with zero attached hydrogens (tertiary/aromatic N) is 3. The molecule has 1 amide bonds. The van der Waals surface area contributed by atoms with Crippen molar-refractivity contribution in [1.29, 1.82) is 0 Å². The average molecular weight is 345 g/mol. The van der Waals surface area contributed by atoms with Crippen molar-refractivity contribution in [1.82, 2.24) is 14.5 Å². The summed E-state index contributed by atoms with van der Waals surface area (Å²) < 4.78 is 7.78. The van der Waals surface area contributed by atoms with Crippen LogP contribution in [0.2, 0.25) is 0 Å². The SMILES string of the molecule is Cn1ccnc1C1CCN(C(=O)C2CC(=O)OC23CCCCC3)CC1. The number of hydrogen-bond donors (Lipinski definition) is 0. The molecular formula is C19H27N3O3. The minimum Gasteiger partial charge on any atom is -0.458 e. The van der Waals surface area contributed by atoms with Crippen LogP contribution in [0.4, 0.5) is 0 Å². The highest BCUT2D eigenvalue weighted by molar-refractivity contribution is 5.88. The number of ether oxygens (including phenoxy) is 1. The first-order valence-electron chi connectivity index (χ1n) is 9.57. The van der Waals surface area contributed by atoms with Crippen LogP contribution in [0.1, 0.15) is 63.1 Å². The zero-order valence-electron chi connectivity index (χ0n) is 14.9. The van der Waals surface area contributed by atoms with Gasteiger partial charge in [-0.05, 0) is 38.5 Å². The summed E-state index contributed by atoms with van der Waals surface area (Å²) >= 11 is 0. The van der Waals surface area contributed by atoms with E-state index >= 15 is 0 Å². The fraction of sp³-hybridized carbons (Fsp3) is 0.737. The largest absolute Gasteiger partial charge is 0.458 e. The molecule has 3 aliphatic rings. The van der Waals surface area contributed by atoms with Crippen molar-refractivity contribution in [2.75, 3.05) is 13.1 Å². The Balaban J connectivity index is 1.43. The summed E-state index contributed by atoms with van der Waals surface area (Å²) in [7, 11) is 2.02. The van der Waals surface area contributed by atoms with Gasteiger partial charge in [-0.15, -0.1) is 0 Å². The van der Waals surface area contributed by atoms with E-state index in [9.17, 15) is 9.59 Å². The summed E-state index contributed by atoms with van der Waals surface area (Å²) in [6, 6.07) is 0. The lowest BCUT2D eigenvalue weighted by atomic mass is 9.75. The number of hydrogen-bond acceptors (Lipinski definition) is 4. The smallest absolute Gasteiger partial charge is 0.307 e. The van der Waals surface area contributed by atoms with Crippen LogP contribution in [-0.4, -0.2) is 45.0 Å². The lowest BCUT2D eigenvalue weighted by Gasteiger charge is -2.39. The quantitative estimate of drug-likeness (QED) is 0.772. The molecule has 1 atom stereocenters. The molecule has 2 saturated heterocycles. The van der Waals surface area contributed by atoms with Gasteiger partial charge in [0.05, 0.1) is 12.3 Å². The summed E-state index contributed by atoms with van der Waals surface area (Å²) in [5, 5.41) is 0. The molecule has 0 N–H and O–H groups in total. The van der Waals surface area contributed by atoms with Crippen molar-refractivity contribution in [3.63, 3.8) is 0 Å². The highest BCUT2D eigenvalue weighted by atomic mass is 16.6. The van der Waals surface area contributed by atoms with E-state index in [4.69, 9.17) is 4.74 Å². The number of likely N-dealkylation sites (tertiary alicyclic amines) is 1. The van der Waals surface area contributed by atoms with E-state index < -0.39 is 5.60 Å². The van der Waals surface area contributed by atoms with Crippen molar-refractivity contribution in [2.24, 2.45) is 13.0 Å². The Labute approximate surface area is 148 Å². The fourth-order valence-electron chi connectivity index (χ4n) is 4.95. The summed E-state index contributed by atoms with van der Waals surface area (Å²) in [6.07, 6.45) is 10.9. The third kappa shape index (κ3) is 2.96. The van der Waals surface area contributed by atoms with Gasteiger partial charge in [0.2, 0.25) is 5.91 Å². The molecule has 0 radical (unpaired) electrons. The maximum atomic E-state index is 13.2. The average Bonchev–Trinajstić information content (AvgIpc) is 3.18. The molecule has 1 aromatic rings. The van der Waals surface area contributed by atoms with Crippen molar-refractivity contribution in [3.8, 4) is 0 Å². The Morgan fingerprint density at radius 3 is 2.60 bits per heavy atom. The molecule has 1 aliphatic carbocycles.